The number of anilines is 2. The van der Waals surface area contributed by atoms with Crippen molar-refractivity contribution in [2.75, 3.05) is 37.8 Å². The van der Waals surface area contributed by atoms with Gasteiger partial charge in [-0.05, 0) is 6.42 Å². The summed E-state index contributed by atoms with van der Waals surface area (Å²) in [6, 6.07) is 1.84. The maximum atomic E-state index is 11.7. The molecular weight excluding hydrogens is 266 g/mol. The van der Waals surface area contributed by atoms with Crippen molar-refractivity contribution in [3.8, 4) is 0 Å². The average Bonchev–Trinajstić information content (AvgIpc) is 2.41. The Morgan fingerprint density at radius 2 is 1.76 bits per heavy atom. The van der Waals surface area contributed by atoms with E-state index < -0.39 is 0 Å². The molecular formula is C15H27N5O. The molecule has 1 aromatic heterocycles. The first kappa shape index (κ1) is 17.2. The predicted octanol–water partition coefficient (Wildman–Crippen LogP) is 2.10. The molecule has 1 amide bonds. The molecule has 0 spiro atoms. The van der Waals surface area contributed by atoms with Crippen LogP contribution in [-0.4, -0.2) is 48.0 Å². The van der Waals surface area contributed by atoms with Crippen molar-refractivity contribution in [3.05, 3.63) is 11.9 Å². The summed E-state index contributed by atoms with van der Waals surface area (Å²) in [6.45, 7) is 9.40. The minimum Gasteiger partial charge on any atom is -0.370 e. The Bertz CT molecular complexity index is 479. The molecule has 0 aliphatic rings. The maximum absolute atomic E-state index is 11.7. The van der Waals surface area contributed by atoms with Gasteiger partial charge in [0, 0.05) is 32.1 Å². The van der Waals surface area contributed by atoms with Crippen molar-refractivity contribution < 1.29 is 4.79 Å². The second kappa shape index (κ2) is 7.24. The number of amides is 1. The molecule has 6 heteroatoms. The topological polar surface area (TPSA) is 70.2 Å². The van der Waals surface area contributed by atoms with Crippen LogP contribution in [0.25, 0.3) is 0 Å². The van der Waals surface area contributed by atoms with E-state index in [0.29, 0.717) is 5.82 Å². The fourth-order valence-electron chi connectivity index (χ4n) is 1.54. The Morgan fingerprint density at radius 1 is 1.19 bits per heavy atom. The van der Waals surface area contributed by atoms with E-state index in [1.165, 1.54) is 0 Å². The number of nitrogens with zero attached hydrogens (tertiary/aromatic N) is 3. The van der Waals surface area contributed by atoms with Crippen LogP contribution in [0.2, 0.25) is 0 Å². The number of carbonyl (C=O) groups is 1. The first-order valence-electron chi connectivity index (χ1n) is 7.31. The second-order valence-electron chi connectivity index (χ2n) is 6.28. The van der Waals surface area contributed by atoms with E-state index in [2.05, 4.69) is 48.3 Å². The SMILES string of the molecule is CCCNc1cc(NCC(=O)N(C)C)nc(C(C)(C)C)n1. The molecule has 0 aliphatic heterocycles. The third kappa shape index (κ3) is 5.57. The lowest BCUT2D eigenvalue weighted by molar-refractivity contribution is -0.126. The lowest BCUT2D eigenvalue weighted by Gasteiger charge is -2.19. The van der Waals surface area contributed by atoms with Crippen LogP contribution >= 0.6 is 0 Å². The van der Waals surface area contributed by atoms with E-state index in [4.69, 9.17) is 0 Å². The Morgan fingerprint density at radius 3 is 2.24 bits per heavy atom. The lowest BCUT2D eigenvalue weighted by Crippen LogP contribution is -2.29. The molecule has 2 N–H and O–H groups in total. The highest BCUT2D eigenvalue weighted by molar-refractivity contribution is 5.80. The third-order valence-electron chi connectivity index (χ3n) is 2.87. The summed E-state index contributed by atoms with van der Waals surface area (Å²) in [5, 5.41) is 6.34. The van der Waals surface area contributed by atoms with Gasteiger partial charge in [0.15, 0.2) is 0 Å². The molecule has 0 aliphatic carbocycles. The quantitative estimate of drug-likeness (QED) is 0.840. The number of likely N-dealkylation sites (N-methyl/N-ethyl adjacent to an activating group) is 1. The van der Waals surface area contributed by atoms with Crippen LogP contribution in [0.15, 0.2) is 6.07 Å². The number of nitrogens with one attached hydrogen (secondary N) is 2. The smallest absolute Gasteiger partial charge is 0.241 e. The molecule has 1 rings (SSSR count). The van der Waals surface area contributed by atoms with E-state index in [1.54, 1.807) is 19.0 Å². The summed E-state index contributed by atoms with van der Waals surface area (Å²) < 4.78 is 0. The van der Waals surface area contributed by atoms with Crippen LogP contribution < -0.4 is 10.6 Å². The lowest BCUT2D eigenvalue weighted by atomic mass is 9.96. The normalized spacial score (nSPS) is 11.1. The molecule has 0 unspecified atom stereocenters. The third-order valence-corrected chi connectivity index (χ3v) is 2.87. The van der Waals surface area contributed by atoms with Gasteiger partial charge in [-0.2, -0.15) is 0 Å². The molecule has 0 saturated heterocycles. The van der Waals surface area contributed by atoms with E-state index in [-0.39, 0.29) is 17.9 Å². The van der Waals surface area contributed by atoms with Gasteiger partial charge in [0.1, 0.15) is 17.5 Å². The van der Waals surface area contributed by atoms with Gasteiger partial charge in [0.25, 0.3) is 0 Å². The zero-order valence-electron chi connectivity index (χ0n) is 13.9. The van der Waals surface area contributed by atoms with Gasteiger partial charge < -0.3 is 15.5 Å². The molecule has 0 saturated carbocycles. The molecule has 118 valence electrons. The van der Waals surface area contributed by atoms with Crippen molar-refractivity contribution in [1.82, 2.24) is 14.9 Å². The van der Waals surface area contributed by atoms with Crippen molar-refractivity contribution in [3.63, 3.8) is 0 Å². The van der Waals surface area contributed by atoms with Crippen molar-refractivity contribution in [2.45, 2.75) is 39.5 Å². The summed E-state index contributed by atoms with van der Waals surface area (Å²) in [6.07, 6.45) is 1.02. The summed E-state index contributed by atoms with van der Waals surface area (Å²) in [5.74, 6) is 2.22. The highest BCUT2D eigenvalue weighted by Gasteiger charge is 2.19. The molecule has 0 fully saturated rings. The van der Waals surface area contributed by atoms with E-state index in [9.17, 15) is 4.79 Å². The first-order valence-corrected chi connectivity index (χ1v) is 7.31. The van der Waals surface area contributed by atoms with Crippen LogP contribution in [0.1, 0.15) is 39.9 Å². The van der Waals surface area contributed by atoms with E-state index in [1.807, 2.05) is 6.07 Å². The van der Waals surface area contributed by atoms with Crippen LogP contribution in [0.3, 0.4) is 0 Å². The van der Waals surface area contributed by atoms with Crippen molar-refractivity contribution in [1.29, 1.82) is 0 Å². The van der Waals surface area contributed by atoms with E-state index in [0.717, 1.165) is 24.6 Å². The van der Waals surface area contributed by atoms with Gasteiger partial charge in [-0.1, -0.05) is 27.7 Å². The standard InChI is InChI=1S/C15H27N5O/c1-7-8-16-11-9-12(17-10-13(21)20(5)6)19-14(18-11)15(2,3)4/h9H,7-8,10H2,1-6H3,(H2,16,17,18,19). The summed E-state index contributed by atoms with van der Waals surface area (Å²) >= 11 is 0. The molecule has 6 nitrogen and oxygen atoms in total. The van der Waals surface area contributed by atoms with Crippen molar-refractivity contribution >= 4 is 17.5 Å². The zero-order chi connectivity index (χ0) is 16.0. The zero-order valence-corrected chi connectivity index (χ0v) is 13.9. The molecule has 0 atom stereocenters. The summed E-state index contributed by atoms with van der Waals surface area (Å²) in [7, 11) is 3.47. The van der Waals surface area contributed by atoms with E-state index >= 15 is 0 Å². The van der Waals surface area contributed by atoms with Gasteiger partial charge in [0.2, 0.25) is 5.91 Å². The Hall–Kier alpha value is -1.85. The largest absolute Gasteiger partial charge is 0.370 e. The van der Waals surface area contributed by atoms with Gasteiger partial charge in [-0.3, -0.25) is 4.79 Å². The number of aromatic nitrogens is 2. The van der Waals surface area contributed by atoms with Crippen LogP contribution in [-0.2, 0) is 10.2 Å². The maximum Gasteiger partial charge on any atom is 0.241 e. The fraction of sp³-hybridized carbons (Fsp3) is 0.667. The Labute approximate surface area is 127 Å². The van der Waals surface area contributed by atoms with Crippen LogP contribution in [0.5, 0.6) is 0 Å². The highest BCUT2D eigenvalue weighted by atomic mass is 16.2. The van der Waals surface area contributed by atoms with Gasteiger partial charge >= 0.3 is 0 Å². The summed E-state index contributed by atoms with van der Waals surface area (Å²) in [5.41, 5.74) is -0.147. The van der Waals surface area contributed by atoms with Gasteiger partial charge in [0.05, 0.1) is 6.54 Å². The minimum absolute atomic E-state index is 0.00832. The molecule has 1 aromatic rings. The number of hydrogen-bond acceptors (Lipinski definition) is 5. The monoisotopic (exact) mass is 293 g/mol. The van der Waals surface area contributed by atoms with Crippen LogP contribution in [0, 0.1) is 0 Å². The predicted molar refractivity (Wildman–Crippen MR) is 86.7 cm³/mol. The molecule has 0 radical (unpaired) electrons. The summed E-state index contributed by atoms with van der Waals surface area (Å²) in [4.78, 5) is 22.3. The fourth-order valence-corrected chi connectivity index (χ4v) is 1.54. The second-order valence-corrected chi connectivity index (χ2v) is 6.28. The highest BCUT2D eigenvalue weighted by Crippen LogP contribution is 2.22. The Kier molecular flexibility index (Phi) is 5.93. The van der Waals surface area contributed by atoms with Crippen LogP contribution in [0.4, 0.5) is 11.6 Å². The minimum atomic E-state index is -0.147. The molecule has 0 bridgehead atoms. The van der Waals surface area contributed by atoms with Gasteiger partial charge in [-0.25, -0.2) is 9.97 Å². The molecule has 1 heterocycles. The average molecular weight is 293 g/mol. The Balaban J connectivity index is 2.93. The number of hydrogen-bond donors (Lipinski definition) is 2. The number of rotatable bonds is 6. The van der Waals surface area contributed by atoms with Crippen molar-refractivity contribution in [2.24, 2.45) is 0 Å². The molecule has 21 heavy (non-hydrogen) atoms. The van der Waals surface area contributed by atoms with Gasteiger partial charge in [-0.15, -0.1) is 0 Å². The first-order chi connectivity index (χ1) is 9.74. The molecule has 0 aromatic carbocycles. The number of carbonyl (C=O) groups excluding carboxylic acids is 1.